The minimum atomic E-state index is -0.530. The van der Waals surface area contributed by atoms with Gasteiger partial charge in [-0.25, -0.2) is 4.39 Å². The summed E-state index contributed by atoms with van der Waals surface area (Å²) in [4.78, 5) is 14.1. The first-order valence-corrected chi connectivity index (χ1v) is 6.96. The maximum atomic E-state index is 13.9. The van der Waals surface area contributed by atoms with Crippen molar-refractivity contribution in [2.45, 2.75) is 18.9 Å². The van der Waals surface area contributed by atoms with Crippen LogP contribution in [0.3, 0.4) is 0 Å². The summed E-state index contributed by atoms with van der Waals surface area (Å²) in [5.41, 5.74) is 5.95. The molecule has 2 N–H and O–H groups in total. The molecule has 1 aliphatic rings. The molecular weight excluding hydrogens is 271 g/mol. The van der Waals surface area contributed by atoms with Crippen molar-refractivity contribution in [3.05, 3.63) is 35.1 Å². The van der Waals surface area contributed by atoms with Gasteiger partial charge in [0.05, 0.1) is 18.2 Å². The van der Waals surface area contributed by atoms with Gasteiger partial charge in [-0.1, -0.05) is 11.8 Å². The minimum Gasteiger partial charge on any atom is -0.380 e. The van der Waals surface area contributed by atoms with E-state index < -0.39 is 5.82 Å². The Balaban J connectivity index is 2.21. The highest BCUT2D eigenvalue weighted by molar-refractivity contribution is 5.95. The van der Waals surface area contributed by atoms with Gasteiger partial charge in [0.1, 0.15) is 5.82 Å². The third-order valence-electron chi connectivity index (χ3n) is 3.53. The molecule has 4 nitrogen and oxygen atoms in total. The van der Waals surface area contributed by atoms with E-state index in [1.54, 1.807) is 18.1 Å². The summed E-state index contributed by atoms with van der Waals surface area (Å²) in [7, 11) is 1.63. The van der Waals surface area contributed by atoms with Crippen molar-refractivity contribution in [2.75, 3.05) is 26.7 Å². The van der Waals surface area contributed by atoms with Crippen LogP contribution in [0.4, 0.5) is 4.39 Å². The summed E-state index contributed by atoms with van der Waals surface area (Å²) in [5, 5.41) is 0. The van der Waals surface area contributed by atoms with E-state index in [2.05, 4.69) is 11.8 Å². The molecule has 2 rings (SSSR count). The lowest BCUT2D eigenvalue weighted by Crippen LogP contribution is -2.43. The number of benzene rings is 1. The summed E-state index contributed by atoms with van der Waals surface area (Å²) in [6, 6.07) is 4.30. The summed E-state index contributed by atoms with van der Waals surface area (Å²) in [6.07, 6.45) is 1.80. The van der Waals surface area contributed by atoms with Crippen molar-refractivity contribution in [2.24, 2.45) is 5.73 Å². The van der Waals surface area contributed by atoms with Crippen molar-refractivity contribution < 1.29 is 13.9 Å². The van der Waals surface area contributed by atoms with Crippen molar-refractivity contribution in [3.63, 3.8) is 0 Å². The molecule has 1 aliphatic heterocycles. The van der Waals surface area contributed by atoms with Crippen LogP contribution in [0.5, 0.6) is 0 Å². The monoisotopic (exact) mass is 290 g/mol. The molecule has 0 spiro atoms. The predicted octanol–water partition coefficient (Wildman–Crippen LogP) is 1.39. The fourth-order valence-electron chi connectivity index (χ4n) is 2.41. The van der Waals surface area contributed by atoms with Gasteiger partial charge in [0, 0.05) is 25.8 Å². The number of halogens is 1. The van der Waals surface area contributed by atoms with E-state index in [0.29, 0.717) is 18.7 Å². The van der Waals surface area contributed by atoms with Crippen LogP contribution in [0.2, 0.25) is 0 Å². The van der Waals surface area contributed by atoms with Gasteiger partial charge in [-0.3, -0.25) is 4.79 Å². The van der Waals surface area contributed by atoms with E-state index in [4.69, 9.17) is 10.5 Å². The standard InChI is InChI=1S/C16H19FN2O2/c1-21-13-5-3-9-19(11-13)16(20)14-10-12(4-2-8-18)6-7-15(14)17/h6-7,10,13H,3,5,8-9,11,18H2,1H3. The molecule has 0 aromatic heterocycles. The Morgan fingerprint density at radius 3 is 3.10 bits per heavy atom. The zero-order valence-electron chi connectivity index (χ0n) is 12.1. The summed E-state index contributed by atoms with van der Waals surface area (Å²) in [5.74, 6) is 4.66. The number of methoxy groups -OCH3 is 1. The number of nitrogens with zero attached hydrogens (tertiary/aromatic N) is 1. The van der Waals surface area contributed by atoms with Crippen molar-refractivity contribution in [1.82, 2.24) is 4.90 Å². The van der Waals surface area contributed by atoms with Gasteiger partial charge >= 0.3 is 0 Å². The first kappa shape index (κ1) is 15.5. The molecule has 0 radical (unpaired) electrons. The van der Waals surface area contributed by atoms with Crippen molar-refractivity contribution in [3.8, 4) is 11.8 Å². The van der Waals surface area contributed by atoms with E-state index in [9.17, 15) is 9.18 Å². The number of hydrogen-bond acceptors (Lipinski definition) is 3. The Morgan fingerprint density at radius 1 is 1.57 bits per heavy atom. The Hall–Kier alpha value is -1.90. The molecule has 1 fully saturated rings. The number of piperidine rings is 1. The molecule has 21 heavy (non-hydrogen) atoms. The van der Waals surface area contributed by atoms with E-state index in [1.165, 1.54) is 12.1 Å². The van der Waals surface area contributed by atoms with Gasteiger partial charge in [0.25, 0.3) is 5.91 Å². The maximum absolute atomic E-state index is 13.9. The van der Waals surface area contributed by atoms with Gasteiger partial charge < -0.3 is 15.4 Å². The molecule has 1 aromatic rings. The minimum absolute atomic E-state index is 0.0194. The van der Waals surface area contributed by atoms with Crippen molar-refractivity contribution >= 4 is 5.91 Å². The van der Waals surface area contributed by atoms with Crippen LogP contribution < -0.4 is 5.73 Å². The zero-order chi connectivity index (χ0) is 15.2. The second-order valence-corrected chi connectivity index (χ2v) is 4.95. The zero-order valence-corrected chi connectivity index (χ0v) is 12.1. The van der Waals surface area contributed by atoms with Gasteiger partial charge in [-0.05, 0) is 31.0 Å². The number of ether oxygens (including phenoxy) is 1. The number of rotatable bonds is 2. The van der Waals surface area contributed by atoms with Crippen LogP contribution in [0.25, 0.3) is 0 Å². The van der Waals surface area contributed by atoms with Gasteiger partial charge in [-0.15, -0.1) is 0 Å². The molecule has 1 heterocycles. The molecule has 0 aliphatic carbocycles. The lowest BCUT2D eigenvalue weighted by Gasteiger charge is -2.32. The first-order valence-electron chi connectivity index (χ1n) is 6.96. The normalized spacial score (nSPS) is 18.0. The van der Waals surface area contributed by atoms with E-state index >= 15 is 0 Å². The van der Waals surface area contributed by atoms with E-state index in [-0.39, 0.29) is 24.1 Å². The van der Waals surface area contributed by atoms with E-state index in [1.807, 2.05) is 0 Å². The molecule has 1 unspecified atom stereocenters. The molecular formula is C16H19FN2O2. The number of likely N-dealkylation sites (tertiary alicyclic amines) is 1. The molecule has 5 heteroatoms. The Bertz CT molecular complexity index is 577. The lowest BCUT2D eigenvalue weighted by molar-refractivity contribution is 0.0266. The quantitative estimate of drug-likeness (QED) is 0.837. The molecule has 0 saturated carbocycles. The topological polar surface area (TPSA) is 55.6 Å². The number of nitrogens with two attached hydrogens (primary N) is 1. The van der Waals surface area contributed by atoms with Gasteiger partial charge in [0.15, 0.2) is 0 Å². The SMILES string of the molecule is COC1CCCN(C(=O)c2cc(C#CCN)ccc2F)C1. The van der Waals surface area contributed by atoms with Crippen LogP contribution in [0.1, 0.15) is 28.8 Å². The van der Waals surface area contributed by atoms with Crippen LogP contribution in [0.15, 0.2) is 18.2 Å². The summed E-state index contributed by atoms with van der Waals surface area (Å²) in [6.45, 7) is 1.34. The fourth-order valence-corrected chi connectivity index (χ4v) is 2.41. The number of amides is 1. The molecule has 1 amide bonds. The second-order valence-electron chi connectivity index (χ2n) is 4.95. The first-order chi connectivity index (χ1) is 10.2. The third-order valence-corrected chi connectivity index (χ3v) is 3.53. The smallest absolute Gasteiger partial charge is 0.256 e. The molecule has 112 valence electrons. The number of carbonyl (C=O) groups excluding carboxylic acids is 1. The Labute approximate surface area is 124 Å². The molecule has 1 atom stereocenters. The average Bonchev–Trinajstić information content (AvgIpc) is 2.53. The van der Waals surface area contributed by atoms with Gasteiger partial charge in [-0.2, -0.15) is 0 Å². The van der Waals surface area contributed by atoms with Gasteiger partial charge in [0.2, 0.25) is 0 Å². The number of carbonyl (C=O) groups is 1. The number of hydrogen-bond donors (Lipinski definition) is 1. The summed E-state index contributed by atoms with van der Waals surface area (Å²) < 4.78 is 19.2. The van der Waals surface area contributed by atoms with E-state index in [0.717, 1.165) is 12.8 Å². The Morgan fingerprint density at radius 2 is 2.38 bits per heavy atom. The third kappa shape index (κ3) is 3.81. The maximum Gasteiger partial charge on any atom is 0.256 e. The van der Waals surface area contributed by atoms with Crippen LogP contribution in [0, 0.1) is 17.7 Å². The average molecular weight is 290 g/mol. The highest BCUT2D eigenvalue weighted by Crippen LogP contribution is 2.18. The fraction of sp³-hybridized carbons (Fsp3) is 0.438. The van der Waals surface area contributed by atoms with Crippen LogP contribution in [-0.4, -0.2) is 43.7 Å². The highest BCUT2D eigenvalue weighted by Gasteiger charge is 2.26. The van der Waals surface area contributed by atoms with Crippen molar-refractivity contribution in [1.29, 1.82) is 0 Å². The molecule has 1 saturated heterocycles. The lowest BCUT2D eigenvalue weighted by atomic mass is 10.0. The molecule has 0 bridgehead atoms. The highest BCUT2D eigenvalue weighted by atomic mass is 19.1. The van der Waals surface area contributed by atoms with Crippen LogP contribution >= 0.6 is 0 Å². The second kappa shape index (κ2) is 7.21. The summed E-state index contributed by atoms with van der Waals surface area (Å²) >= 11 is 0. The largest absolute Gasteiger partial charge is 0.380 e. The van der Waals surface area contributed by atoms with Crippen LogP contribution in [-0.2, 0) is 4.74 Å². The molecule has 1 aromatic carbocycles. The Kier molecular flexibility index (Phi) is 5.32. The predicted molar refractivity (Wildman–Crippen MR) is 78.3 cm³/mol.